The lowest BCUT2D eigenvalue weighted by Crippen LogP contribution is -2.41. The minimum Gasteiger partial charge on any atom is -0.491 e. The summed E-state index contributed by atoms with van der Waals surface area (Å²) >= 11 is 0. The van der Waals surface area contributed by atoms with E-state index in [4.69, 9.17) is 10.00 Å². The second kappa shape index (κ2) is 7.75. The first kappa shape index (κ1) is 15.5. The highest BCUT2D eigenvalue weighted by molar-refractivity contribution is 5.23. The Balaban J connectivity index is 2.34. The van der Waals surface area contributed by atoms with Crippen LogP contribution in [0.1, 0.15) is 33.1 Å². The monoisotopic (exact) mass is 264 g/mol. The smallest absolute Gasteiger partial charge is 0.165 e. The van der Waals surface area contributed by atoms with Crippen LogP contribution >= 0.6 is 0 Å². The normalized spacial score (nSPS) is 13.6. The fraction of sp³-hybridized carbons (Fsp3) is 0.533. The number of hydrogen-bond donors (Lipinski definition) is 1. The maximum atomic E-state index is 13.3. The van der Waals surface area contributed by atoms with Gasteiger partial charge >= 0.3 is 0 Å². The molecule has 3 nitrogen and oxygen atoms in total. The van der Waals surface area contributed by atoms with Gasteiger partial charge in [0.15, 0.2) is 11.6 Å². The van der Waals surface area contributed by atoms with Crippen LogP contribution in [0.2, 0.25) is 0 Å². The van der Waals surface area contributed by atoms with Crippen LogP contribution in [0.3, 0.4) is 0 Å². The molecule has 1 atom stereocenters. The van der Waals surface area contributed by atoms with Crippen LogP contribution in [-0.4, -0.2) is 18.7 Å². The molecule has 4 heteroatoms. The molecular formula is C15H21FN2O. The van der Waals surface area contributed by atoms with E-state index in [2.05, 4.69) is 18.3 Å². The Morgan fingerprint density at radius 2 is 2.16 bits per heavy atom. The maximum absolute atomic E-state index is 13.3. The molecule has 0 heterocycles. The van der Waals surface area contributed by atoms with E-state index in [1.54, 1.807) is 18.2 Å². The second-order valence-corrected chi connectivity index (χ2v) is 4.75. The van der Waals surface area contributed by atoms with E-state index < -0.39 is 5.54 Å². The molecule has 1 aromatic rings. The summed E-state index contributed by atoms with van der Waals surface area (Å²) in [5.41, 5.74) is -0.533. The third kappa shape index (κ3) is 5.27. The average molecular weight is 264 g/mol. The summed E-state index contributed by atoms with van der Waals surface area (Å²) in [5.74, 6) is -0.0858. The lowest BCUT2D eigenvalue weighted by Gasteiger charge is -2.23. The quantitative estimate of drug-likeness (QED) is 0.733. The van der Waals surface area contributed by atoms with Crippen molar-refractivity contribution in [2.24, 2.45) is 0 Å². The van der Waals surface area contributed by atoms with Gasteiger partial charge in [-0.15, -0.1) is 0 Å². The Hall–Kier alpha value is -1.60. The number of nitrogens with one attached hydrogen (secondary N) is 1. The van der Waals surface area contributed by atoms with Crippen molar-refractivity contribution in [2.75, 3.05) is 13.2 Å². The first-order valence-electron chi connectivity index (χ1n) is 6.65. The number of hydrogen-bond acceptors (Lipinski definition) is 3. The first-order chi connectivity index (χ1) is 9.11. The average Bonchev–Trinajstić information content (AvgIpc) is 2.43. The lowest BCUT2D eigenvalue weighted by molar-refractivity contribution is 0.274. The molecule has 0 fully saturated rings. The van der Waals surface area contributed by atoms with E-state index in [0.29, 0.717) is 19.4 Å². The van der Waals surface area contributed by atoms with Crippen molar-refractivity contribution in [3.05, 3.63) is 30.1 Å². The molecule has 0 aliphatic rings. The summed E-state index contributed by atoms with van der Waals surface area (Å²) in [6.07, 6.45) is 2.37. The topological polar surface area (TPSA) is 45.0 Å². The highest BCUT2D eigenvalue weighted by Crippen LogP contribution is 2.17. The van der Waals surface area contributed by atoms with E-state index >= 15 is 0 Å². The fourth-order valence-electron chi connectivity index (χ4n) is 1.75. The van der Waals surface area contributed by atoms with Crippen molar-refractivity contribution >= 4 is 0 Å². The second-order valence-electron chi connectivity index (χ2n) is 4.75. The summed E-state index contributed by atoms with van der Waals surface area (Å²) in [6, 6.07) is 8.63. The molecule has 1 N–H and O–H groups in total. The van der Waals surface area contributed by atoms with Crippen molar-refractivity contribution in [1.29, 1.82) is 5.26 Å². The molecule has 0 aliphatic carbocycles. The zero-order valence-electron chi connectivity index (χ0n) is 11.6. The third-order valence-electron chi connectivity index (χ3n) is 2.93. The lowest BCUT2D eigenvalue weighted by atomic mass is 9.98. The summed E-state index contributed by atoms with van der Waals surface area (Å²) in [5, 5.41) is 12.4. The van der Waals surface area contributed by atoms with E-state index in [9.17, 15) is 4.39 Å². The maximum Gasteiger partial charge on any atom is 0.165 e. The molecule has 104 valence electrons. The number of para-hydroxylation sites is 1. The number of benzene rings is 1. The molecule has 0 bridgehead atoms. The minimum absolute atomic E-state index is 0.266. The molecule has 0 radical (unpaired) electrons. The molecule has 1 unspecified atom stereocenters. The van der Waals surface area contributed by atoms with E-state index in [-0.39, 0.29) is 11.6 Å². The molecular weight excluding hydrogens is 243 g/mol. The van der Waals surface area contributed by atoms with Crippen LogP contribution in [0.4, 0.5) is 4.39 Å². The Morgan fingerprint density at radius 1 is 1.42 bits per heavy atom. The summed E-state index contributed by atoms with van der Waals surface area (Å²) in [7, 11) is 0. The molecule has 1 aromatic carbocycles. The largest absolute Gasteiger partial charge is 0.491 e. The van der Waals surface area contributed by atoms with Gasteiger partial charge in [-0.2, -0.15) is 5.26 Å². The van der Waals surface area contributed by atoms with Gasteiger partial charge in [-0.05, 0) is 44.9 Å². The predicted molar refractivity (Wildman–Crippen MR) is 73.4 cm³/mol. The Bertz CT molecular complexity index is 430. The van der Waals surface area contributed by atoms with Crippen LogP contribution in [-0.2, 0) is 0 Å². The zero-order valence-corrected chi connectivity index (χ0v) is 11.6. The minimum atomic E-state index is -0.533. The summed E-state index contributed by atoms with van der Waals surface area (Å²) in [4.78, 5) is 0. The van der Waals surface area contributed by atoms with Crippen molar-refractivity contribution < 1.29 is 9.13 Å². The van der Waals surface area contributed by atoms with Crippen molar-refractivity contribution in [2.45, 2.75) is 38.6 Å². The van der Waals surface area contributed by atoms with Gasteiger partial charge in [0, 0.05) is 0 Å². The predicted octanol–water partition coefficient (Wildman–Crippen LogP) is 3.27. The van der Waals surface area contributed by atoms with Crippen LogP contribution in [0.15, 0.2) is 24.3 Å². The molecule has 0 aromatic heterocycles. The number of nitrogens with zero attached hydrogens (tertiary/aromatic N) is 1. The van der Waals surface area contributed by atoms with Gasteiger partial charge in [0.05, 0.1) is 12.7 Å². The number of ether oxygens (including phenoxy) is 1. The van der Waals surface area contributed by atoms with Gasteiger partial charge in [0.25, 0.3) is 0 Å². The van der Waals surface area contributed by atoms with Gasteiger partial charge < -0.3 is 4.74 Å². The molecule has 0 amide bonds. The first-order valence-corrected chi connectivity index (χ1v) is 6.65. The van der Waals surface area contributed by atoms with Crippen LogP contribution in [0, 0.1) is 17.1 Å². The van der Waals surface area contributed by atoms with Gasteiger partial charge in [0.2, 0.25) is 0 Å². The highest BCUT2D eigenvalue weighted by atomic mass is 19.1. The third-order valence-corrected chi connectivity index (χ3v) is 2.93. The molecule has 0 saturated carbocycles. The number of nitriles is 1. The van der Waals surface area contributed by atoms with E-state index in [0.717, 1.165) is 13.0 Å². The van der Waals surface area contributed by atoms with E-state index in [1.165, 1.54) is 6.07 Å². The van der Waals surface area contributed by atoms with Gasteiger partial charge in [-0.3, -0.25) is 5.32 Å². The standard InChI is InChI=1S/C15H21FN2O/c1-3-10-18-15(2,12-17)9-6-11-19-14-8-5-4-7-13(14)16/h4-5,7-8,18H,3,6,9-11H2,1-2H3. The van der Waals surface area contributed by atoms with Crippen LogP contribution in [0.25, 0.3) is 0 Å². The Labute approximate surface area is 114 Å². The molecule has 0 aliphatic heterocycles. The van der Waals surface area contributed by atoms with Crippen molar-refractivity contribution in [1.82, 2.24) is 5.32 Å². The SMILES string of the molecule is CCCNC(C)(C#N)CCCOc1ccccc1F. The molecule has 0 saturated heterocycles. The van der Waals surface area contributed by atoms with Crippen LogP contribution < -0.4 is 10.1 Å². The summed E-state index contributed by atoms with van der Waals surface area (Å²) < 4.78 is 18.7. The summed E-state index contributed by atoms with van der Waals surface area (Å²) in [6.45, 7) is 5.17. The van der Waals surface area contributed by atoms with E-state index in [1.807, 2.05) is 6.92 Å². The Kier molecular flexibility index (Phi) is 6.31. The fourth-order valence-corrected chi connectivity index (χ4v) is 1.75. The number of halogens is 1. The Morgan fingerprint density at radius 3 is 2.79 bits per heavy atom. The van der Waals surface area contributed by atoms with Gasteiger partial charge in [-0.25, -0.2) is 4.39 Å². The zero-order chi connectivity index (χ0) is 14.1. The van der Waals surface area contributed by atoms with Crippen molar-refractivity contribution in [3.63, 3.8) is 0 Å². The molecule has 1 rings (SSSR count). The van der Waals surface area contributed by atoms with Crippen LogP contribution in [0.5, 0.6) is 5.75 Å². The van der Waals surface area contributed by atoms with Gasteiger partial charge in [-0.1, -0.05) is 19.1 Å². The van der Waals surface area contributed by atoms with Crippen molar-refractivity contribution in [3.8, 4) is 11.8 Å². The highest BCUT2D eigenvalue weighted by Gasteiger charge is 2.21. The van der Waals surface area contributed by atoms with Gasteiger partial charge in [0.1, 0.15) is 5.54 Å². The molecule has 19 heavy (non-hydrogen) atoms. The number of rotatable bonds is 8. The molecule has 0 spiro atoms.